The molecule has 0 aliphatic heterocycles. The Morgan fingerprint density at radius 2 is 1.17 bits per heavy atom. The molecule has 0 aliphatic rings. The molecule has 0 aromatic carbocycles. The zero-order chi connectivity index (χ0) is 15.2. The van der Waals surface area contributed by atoms with E-state index in [2.05, 4.69) is 0 Å². The van der Waals surface area contributed by atoms with Gasteiger partial charge in [-0.05, 0) is 27.7 Å². The first-order valence-corrected chi connectivity index (χ1v) is 4.86. The van der Waals surface area contributed by atoms with Crippen LogP contribution in [0.4, 0.5) is 17.6 Å². The van der Waals surface area contributed by atoms with Gasteiger partial charge in [-0.1, -0.05) is 0 Å². The Balaban J connectivity index is 5.89. The first kappa shape index (κ1) is 16.7. The van der Waals surface area contributed by atoms with Gasteiger partial charge in [-0.25, -0.2) is 13.6 Å². The van der Waals surface area contributed by atoms with Crippen LogP contribution in [0.1, 0.15) is 27.7 Å². The topological polar surface area (TPSA) is 74.6 Å². The maximum absolute atomic E-state index is 14.0. The van der Waals surface area contributed by atoms with Crippen LogP contribution in [-0.4, -0.2) is 34.0 Å². The van der Waals surface area contributed by atoms with Gasteiger partial charge < -0.3 is 10.2 Å². The lowest BCUT2D eigenvalue weighted by molar-refractivity contribution is -0.266. The van der Waals surface area contributed by atoms with Crippen molar-refractivity contribution in [2.24, 2.45) is 10.8 Å². The van der Waals surface area contributed by atoms with Crippen LogP contribution in [0.3, 0.4) is 0 Å². The number of hydrogen-bond acceptors (Lipinski definition) is 2. The van der Waals surface area contributed by atoms with Crippen LogP contribution >= 0.6 is 0 Å². The lowest BCUT2D eigenvalue weighted by Gasteiger charge is -2.44. The van der Waals surface area contributed by atoms with E-state index in [4.69, 9.17) is 10.2 Å². The monoisotopic (exact) mass is 274 g/mol. The molecule has 106 valence electrons. The normalized spacial score (nSPS) is 14.4. The molecular formula is C10H14F4O4. The molecule has 8 heteroatoms. The molecule has 0 aliphatic carbocycles. The van der Waals surface area contributed by atoms with Crippen molar-refractivity contribution in [2.45, 2.75) is 39.5 Å². The van der Waals surface area contributed by atoms with Crippen LogP contribution in [0, 0.1) is 10.8 Å². The quantitative estimate of drug-likeness (QED) is 0.755. The summed E-state index contributed by atoms with van der Waals surface area (Å²) in [4.78, 5) is 21.1. The number of alkyl halides is 4. The second-order valence-corrected chi connectivity index (χ2v) is 5.01. The fourth-order valence-electron chi connectivity index (χ4n) is 1.38. The summed E-state index contributed by atoms with van der Waals surface area (Å²) in [6.45, 7) is 1.78. The van der Waals surface area contributed by atoms with Gasteiger partial charge in [0.2, 0.25) is 0 Å². The maximum Gasteiger partial charge on any atom is 0.375 e. The molecule has 4 nitrogen and oxygen atoms in total. The van der Waals surface area contributed by atoms with Crippen molar-refractivity contribution >= 4 is 11.9 Å². The summed E-state index contributed by atoms with van der Waals surface area (Å²) in [6.07, 6.45) is 0. The van der Waals surface area contributed by atoms with E-state index < -0.39 is 34.6 Å². The van der Waals surface area contributed by atoms with Gasteiger partial charge in [-0.15, -0.1) is 0 Å². The predicted molar refractivity (Wildman–Crippen MR) is 52.7 cm³/mol. The van der Waals surface area contributed by atoms with E-state index in [1.807, 2.05) is 0 Å². The van der Waals surface area contributed by atoms with E-state index in [1.165, 1.54) is 0 Å². The predicted octanol–water partition coefficient (Wildman–Crippen LogP) is 2.48. The molecule has 0 atom stereocenters. The van der Waals surface area contributed by atoms with Gasteiger partial charge in [-0.2, -0.15) is 8.78 Å². The number of aliphatic carboxylic acids is 2. The molecule has 0 heterocycles. The van der Waals surface area contributed by atoms with Crippen LogP contribution in [0.15, 0.2) is 0 Å². The highest BCUT2D eigenvalue weighted by molar-refractivity contribution is 5.78. The third-order valence-corrected chi connectivity index (χ3v) is 3.16. The van der Waals surface area contributed by atoms with Gasteiger partial charge in [0.15, 0.2) is 0 Å². The fourth-order valence-corrected chi connectivity index (χ4v) is 1.38. The third-order valence-electron chi connectivity index (χ3n) is 3.16. The summed E-state index contributed by atoms with van der Waals surface area (Å²) in [5, 5.41) is 17.0. The molecule has 0 saturated heterocycles. The summed E-state index contributed by atoms with van der Waals surface area (Å²) in [5.41, 5.74) is -6.21. The standard InChI is InChI=1S/C10H14F4O4/c1-7(2,5(15)16)10(13,14)8(3,4)9(11,12)6(17)18/h1-4H3,(H,15,16)(H,17,18). The molecule has 0 fully saturated rings. The molecular weight excluding hydrogens is 260 g/mol. The molecule has 0 bridgehead atoms. The molecule has 0 spiro atoms. The molecule has 0 aromatic heterocycles. The summed E-state index contributed by atoms with van der Waals surface area (Å²) in [6, 6.07) is 0. The Morgan fingerprint density at radius 1 is 0.833 bits per heavy atom. The van der Waals surface area contributed by atoms with Crippen molar-refractivity contribution in [1.29, 1.82) is 0 Å². The lowest BCUT2D eigenvalue weighted by Crippen LogP contribution is -2.61. The number of carbonyl (C=O) groups is 2. The van der Waals surface area contributed by atoms with Gasteiger partial charge in [0.25, 0.3) is 5.92 Å². The first-order chi connectivity index (χ1) is 7.64. The average molecular weight is 274 g/mol. The van der Waals surface area contributed by atoms with Crippen LogP contribution in [0.5, 0.6) is 0 Å². The zero-order valence-electron chi connectivity index (χ0n) is 10.2. The Hall–Kier alpha value is -1.34. The van der Waals surface area contributed by atoms with E-state index in [9.17, 15) is 27.2 Å². The Labute approximate surface area is 101 Å². The highest BCUT2D eigenvalue weighted by Crippen LogP contribution is 2.55. The van der Waals surface area contributed by atoms with Gasteiger partial charge >= 0.3 is 17.9 Å². The average Bonchev–Trinajstić information content (AvgIpc) is 2.15. The first-order valence-electron chi connectivity index (χ1n) is 4.86. The molecule has 0 aromatic rings. The van der Waals surface area contributed by atoms with Gasteiger partial charge in [0.05, 0.1) is 0 Å². The van der Waals surface area contributed by atoms with Crippen molar-refractivity contribution in [2.75, 3.05) is 0 Å². The summed E-state index contributed by atoms with van der Waals surface area (Å²) >= 11 is 0. The summed E-state index contributed by atoms with van der Waals surface area (Å²) in [7, 11) is 0. The molecule has 0 radical (unpaired) electrons. The van der Waals surface area contributed by atoms with Crippen molar-refractivity contribution in [3.63, 3.8) is 0 Å². The molecule has 0 saturated carbocycles. The Morgan fingerprint density at radius 3 is 1.39 bits per heavy atom. The van der Waals surface area contributed by atoms with Crippen molar-refractivity contribution in [3.8, 4) is 0 Å². The van der Waals surface area contributed by atoms with E-state index in [-0.39, 0.29) is 0 Å². The number of rotatable bonds is 5. The second-order valence-electron chi connectivity index (χ2n) is 5.01. The third kappa shape index (κ3) is 1.93. The fraction of sp³-hybridized carbons (Fsp3) is 0.800. The highest BCUT2D eigenvalue weighted by atomic mass is 19.3. The number of halogens is 4. The number of hydrogen-bond donors (Lipinski definition) is 2. The maximum atomic E-state index is 14.0. The molecule has 18 heavy (non-hydrogen) atoms. The second kappa shape index (κ2) is 4.10. The van der Waals surface area contributed by atoms with E-state index in [1.54, 1.807) is 0 Å². The Kier molecular flexibility index (Phi) is 3.79. The largest absolute Gasteiger partial charge is 0.481 e. The van der Waals surface area contributed by atoms with Gasteiger partial charge in [0, 0.05) is 0 Å². The van der Waals surface area contributed by atoms with E-state index >= 15 is 0 Å². The minimum Gasteiger partial charge on any atom is -0.481 e. The molecule has 0 amide bonds. The summed E-state index contributed by atoms with van der Waals surface area (Å²) < 4.78 is 54.6. The summed E-state index contributed by atoms with van der Waals surface area (Å²) in [5.74, 6) is -14.0. The van der Waals surface area contributed by atoms with Crippen molar-refractivity contribution in [3.05, 3.63) is 0 Å². The van der Waals surface area contributed by atoms with Gasteiger partial charge in [0.1, 0.15) is 10.8 Å². The smallest absolute Gasteiger partial charge is 0.375 e. The van der Waals surface area contributed by atoms with Crippen LogP contribution in [0.25, 0.3) is 0 Å². The van der Waals surface area contributed by atoms with Crippen LogP contribution < -0.4 is 0 Å². The highest BCUT2D eigenvalue weighted by Gasteiger charge is 2.72. The van der Waals surface area contributed by atoms with Crippen LogP contribution in [0.2, 0.25) is 0 Å². The SMILES string of the molecule is CC(C)(C(=O)O)C(F)(F)C(C)(C)C(F)(F)C(=O)O. The number of carboxylic acid groups (broad SMARTS) is 2. The lowest BCUT2D eigenvalue weighted by atomic mass is 9.67. The van der Waals surface area contributed by atoms with E-state index in [0.717, 1.165) is 0 Å². The minimum atomic E-state index is -4.77. The van der Waals surface area contributed by atoms with E-state index in [0.29, 0.717) is 27.7 Å². The van der Waals surface area contributed by atoms with Crippen LogP contribution in [-0.2, 0) is 9.59 Å². The van der Waals surface area contributed by atoms with Crippen molar-refractivity contribution < 1.29 is 37.4 Å². The molecule has 0 rings (SSSR count). The minimum absolute atomic E-state index is 0.325. The number of carboxylic acids is 2. The zero-order valence-corrected chi connectivity index (χ0v) is 10.2. The van der Waals surface area contributed by atoms with Gasteiger partial charge in [-0.3, -0.25) is 4.79 Å². The van der Waals surface area contributed by atoms with Crippen molar-refractivity contribution in [1.82, 2.24) is 0 Å². The molecule has 0 unspecified atom stereocenters. The molecule has 2 N–H and O–H groups in total. The Bertz CT molecular complexity index is 338.